The van der Waals surface area contributed by atoms with E-state index in [0.29, 0.717) is 11.7 Å². The summed E-state index contributed by atoms with van der Waals surface area (Å²) in [7, 11) is 0. The molecule has 2 rings (SSSR count). The van der Waals surface area contributed by atoms with Gasteiger partial charge in [-0.1, -0.05) is 28.0 Å². The third-order valence-corrected chi connectivity index (χ3v) is 3.42. The zero-order valence-corrected chi connectivity index (χ0v) is 12.3. The van der Waals surface area contributed by atoms with Crippen molar-refractivity contribution in [3.63, 3.8) is 0 Å². The minimum absolute atomic E-state index is 0.500. The molecule has 0 saturated carbocycles. The molecular formula is C13H16BrN3O. The summed E-state index contributed by atoms with van der Waals surface area (Å²) < 4.78 is 6.28. The van der Waals surface area contributed by atoms with Crippen LogP contribution < -0.4 is 5.73 Å². The van der Waals surface area contributed by atoms with Gasteiger partial charge in [0, 0.05) is 10.0 Å². The van der Waals surface area contributed by atoms with Crippen LogP contribution in [0.5, 0.6) is 0 Å². The fourth-order valence-electron chi connectivity index (χ4n) is 1.59. The minimum atomic E-state index is -0.553. The summed E-state index contributed by atoms with van der Waals surface area (Å²) in [5.74, 6) is 1.04. The molecule has 0 spiro atoms. The van der Waals surface area contributed by atoms with Crippen LogP contribution in [0.4, 0.5) is 0 Å². The second kappa shape index (κ2) is 4.82. The van der Waals surface area contributed by atoms with E-state index in [9.17, 15) is 0 Å². The minimum Gasteiger partial charge on any atom is -0.334 e. The van der Waals surface area contributed by atoms with E-state index in [-0.39, 0.29) is 0 Å². The van der Waals surface area contributed by atoms with Crippen molar-refractivity contribution in [1.29, 1.82) is 0 Å². The van der Waals surface area contributed by atoms with Gasteiger partial charge in [-0.05, 0) is 44.0 Å². The van der Waals surface area contributed by atoms with Crippen molar-refractivity contribution in [3.05, 3.63) is 34.1 Å². The van der Waals surface area contributed by atoms with Gasteiger partial charge < -0.3 is 10.3 Å². The van der Waals surface area contributed by atoms with Gasteiger partial charge in [-0.15, -0.1) is 0 Å². The fraction of sp³-hybridized carbons (Fsp3) is 0.385. The van der Waals surface area contributed by atoms with E-state index >= 15 is 0 Å². The first-order valence-corrected chi connectivity index (χ1v) is 6.62. The second-order valence-corrected chi connectivity index (χ2v) is 5.63. The maximum Gasteiger partial charge on any atom is 0.258 e. The summed E-state index contributed by atoms with van der Waals surface area (Å²) in [5, 5.41) is 3.97. The average Bonchev–Trinajstić information content (AvgIpc) is 2.77. The number of nitrogens with zero attached hydrogens (tertiary/aromatic N) is 2. The monoisotopic (exact) mass is 309 g/mol. The molecule has 4 nitrogen and oxygen atoms in total. The van der Waals surface area contributed by atoms with Gasteiger partial charge in [0.1, 0.15) is 0 Å². The number of benzene rings is 1. The Labute approximate surface area is 115 Å². The summed E-state index contributed by atoms with van der Waals surface area (Å²) >= 11 is 3.46. The Morgan fingerprint density at radius 3 is 2.72 bits per heavy atom. The van der Waals surface area contributed by atoms with E-state index in [0.717, 1.165) is 22.0 Å². The molecule has 2 N–H and O–H groups in total. The molecule has 1 unspecified atom stereocenters. The summed E-state index contributed by atoms with van der Waals surface area (Å²) in [6.07, 6.45) is 0.753. The third-order valence-electron chi connectivity index (χ3n) is 2.96. The molecule has 0 fully saturated rings. The standard InChI is InChI=1S/C13H16BrN3O/c1-4-13(3,15)12-16-11(18-17-12)9-5-8(2)6-10(14)7-9/h5-7H,4,15H2,1-3H3. The van der Waals surface area contributed by atoms with E-state index in [2.05, 4.69) is 26.1 Å². The first kappa shape index (κ1) is 13.2. The maximum atomic E-state index is 6.09. The van der Waals surface area contributed by atoms with E-state index in [4.69, 9.17) is 10.3 Å². The van der Waals surface area contributed by atoms with Crippen molar-refractivity contribution in [1.82, 2.24) is 10.1 Å². The largest absolute Gasteiger partial charge is 0.334 e. The molecule has 0 aliphatic rings. The molecule has 5 heteroatoms. The highest BCUT2D eigenvalue weighted by molar-refractivity contribution is 9.10. The SMILES string of the molecule is CCC(C)(N)c1noc(-c2cc(C)cc(Br)c2)n1. The predicted octanol–water partition coefficient (Wildman–Crippen LogP) is 3.39. The molecular weight excluding hydrogens is 294 g/mol. The van der Waals surface area contributed by atoms with Gasteiger partial charge >= 0.3 is 0 Å². The lowest BCUT2D eigenvalue weighted by Gasteiger charge is -2.16. The van der Waals surface area contributed by atoms with Gasteiger partial charge in [0.15, 0.2) is 5.82 Å². The van der Waals surface area contributed by atoms with Gasteiger partial charge in [0.05, 0.1) is 5.54 Å². The van der Waals surface area contributed by atoms with E-state index in [1.54, 1.807) is 0 Å². The number of hydrogen-bond acceptors (Lipinski definition) is 4. The van der Waals surface area contributed by atoms with Gasteiger partial charge in [0.2, 0.25) is 0 Å². The molecule has 18 heavy (non-hydrogen) atoms. The predicted molar refractivity (Wildman–Crippen MR) is 74.0 cm³/mol. The van der Waals surface area contributed by atoms with Crippen molar-refractivity contribution < 1.29 is 4.52 Å². The van der Waals surface area contributed by atoms with Crippen LogP contribution in [0.2, 0.25) is 0 Å². The highest BCUT2D eigenvalue weighted by Gasteiger charge is 2.25. The Morgan fingerprint density at radius 2 is 2.11 bits per heavy atom. The molecule has 1 aromatic heterocycles. The van der Waals surface area contributed by atoms with Crippen LogP contribution in [-0.2, 0) is 5.54 Å². The van der Waals surface area contributed by atoms with Crippen molar-refractivity contribution in [2.45, 2.75) is 32.7 Å². The summed E-state index contributed by atoms with van der Waals surface area (Å²) in [5.41, 5.74) is 7.57. The van der Waals surface area contributed by atoms with Gasteiger partial charge in [-0.2, -0.15) is 4.98 Å². The Kier molecular flexibility index (Phi) is 3.54. The van der Waals surface area contributed by atoms with Crippen LogP contribution in [0.15, 0.2) is 27.2 Å². The number of nitrogens with two attached hydrogens (primary N) is 1. The van der Waals surface area contributed by atoms with Crippen LogP contribution in [-0.4, -0.2) is 10.1 Å². The van der Waals surface area contributed by atoms with E-state index < -0.39 is 5.54 Å². The zero-order chi connectivity index (χ0) is 13.3. The molecule has 1 atom stereocenters. The lowest BCUT2D eigenvalue weighted by Crippen LogP contribution is -2.33. The molecule has 1 aromatic carbocycles. The molecule has 0 radical (unpaired) electrons. The highest BCUT2D eigenvalue weighted by atomic mass is 79.9. The number of rotatable bonds is 3. The normalized spacial score (nSPS) is 14.5. The van der Waals surface area contributed by atoms with Crippen LogP contribution in [0.1, 0.15) is 31.7 Å². The van der Waals surface area contributed by atoms with Crippen LogP contribution in [0.25, 0.3) is 11.5 Å². The molecule has 0 aliphatic heterocycles. The van der Waals surface area contributed by atoms with Gasteiger partial charge in [-0.25, -0.2) is 0 Å². The Bertz CT molecular complexity index is 543. The first-order valence-electron chi connectivity index (χ1n) is 5.83. The Morgan fingerprint density at radius 1 is 1.39 bits per heavy atom. The van der Waals surface area contributed by atoms with Crippen molar-refractivity contribution in [3.8, 4) is 11.5 Å². The maximum absolute atomic E-state index is 6.09. The Balaban J connectivity index is 2.41. The molecule has 96 valence electrons. The quantitative estimate of drug-likeness (QED) is 0.943. The smallest absolute Gasteiger partial charge is 0.258 e. The van der Waals surface area contributed by atoms with E-state index in [1.807, 2.05) is 39.0 Å². The van der Waals surface area contributed by atoms with Crippen LogP contribution in [0, 0.1) is 6.92 Å². The molecule has 0 bridgehead atoms. The summed E-state index contributed by atoms with van der Waals surface area (Å²) in [6.45, 7) is 5.91. The topological polar surface area (TPSA) is 64.9 Å². The first-order chi connectivity index (χ1) is 8.42. The number of aromatic nitrogens is 2. The van der Waals surface area contributed by atoms with Crippen molar-refractivity contribution in [2.75, 3.05) is 0 Å². The van der Waals surface area contributed by atoms with Crippen molar-refractivity contribution >= 4 is 15.9 Å². The molecule has 2 aromatic rings. The lowest BCUT2D eigenvalue weighted by molar-refractivity contribution is 0.379. The summed E-state index contributed by atoms with van der Waals surface area (Å²) in [4.78, 5) is 4.38. The summed E-state index contributed by atoms with van der Waals surface area (Å²) in [6, 6.07) is 5.98. The number of halogens is 1. The van der Waals surface area contributed by atoms with Gasteiger partial charge in [0.25, 0.3) is 5.89 Å². The van der Waals surface area contributed by atoms with Crippen molar-refractivity contribution in [2.24, 2.45) is 5.73 Å². The van der Waals surface area contributed by atoms with Crippen LogP contribution in [0.3, 0.4) is 0 Å². The number of aryl methyl sites for hydroxylation is 1. The second-order valence-electron chi connectivity index (χ2n) is 4.71. The van der Waals surface area contributed by atoms with Gasteiger partial charge in [-0.3, -0.25) is 0 Å². The number of hydrogen-bond donors (Lipinski definition) is 1. The average molecular weight is 310 g/mol. The molecule has 0 aliphatic carbocycles. The molecule has 1 heterocycles. The molecule has 0 amide bonds. The van der Waals surface area contributed by atoms with E-state index in [1.165, 1.54) is 0 Å². The third kappa shape index (κ3) is 2.62. The highest BCUT2D eigenvalue weighted by Crippen LogP contribution is 2.26. The fourth-order valence-corrected chi connectivity index (χ4v) is 2.20. The Hall–Kier alpha value is -1.20. The zero-order valence-electron chi connectivity index (χ0n) is 10.7. The van der Waals surface area contributed by atoms with Crippen LogP contribution >= 0.6 is 15.9 Å². The lowest BCUT2D eigenvalue weighted by atomic mass is 10.00. The molecule has 0 saturated heterocycles.